The zero-order valence-corrected chi connectivity index (χ0v) is 11.3. The second kappa shape index (κ2) is 3.89. The Morgan fingerprint density at radius 3 is 2.44 bits per heavy atom. The topological polar surface area (TPSA) is 41.1 Å². The Morgan fingerprint density at radius 1 is 1.00 bits per heavy atom. The fourth-order valence-corrected chi connectivity index (χ4v) is 4.36. The van der Waals surface area contributed by atoms with Crippen LogP contribution in [0.4, 0.5) is 11.4 Å². The summed E-state index contributed by atoms with van der Waals surface area (Å²) in [5, 5.41) is 7.12. The van der Waals surface area contributed by atoms with E-state index < -0.39 is 7.44 Å². The van der Waals surface area contributed by atoms with Gasteiger partial charge < -0.3 is 10.2 Å². The minimum absolute atomic E-state index is 0.804. The highest BCUT2D eigenvalue weighted by molar-refractivity contribution is 7.74. The van der Waals surface area contributed by atoms with E-state index in [2.05, 4.69) is 16.2 Å². The lowest BCUT2D eigenvalue weighted by molar-refractivity contribution is 0.588. The number of nitrogens with one attached hydrogen (secondary N) is 2. The minimum Gasteiger partial charge on any atom is -0.315 e. The van der Waals surface area contributed by atoms with Gasteiger partial charge in [0.15, 0.2) is 0 Å². The van der Waals surface area contributed by atoms with Crippen molar-refractivity contribution in [3.05, 3.63) is 53.6 Å². The van der Waals surface area contributed by atoms with Crippen molar-refractivity contribution >= 4 is 24.1 Å². The molecule has 2 aromatic rings. The standard InChI is InChI=1S/C14H15N2OP/c1-10-8-11(2)14-13(9-10)15-18(17,16-14)12-6-4-3-5-7-12/h3-9H,1-2H3,(H2,15,16,17)/t18-/m1/s1. The maximum atomic E-state index is 12.9. The smallest absolute Gasteiger partial charge is 0.287 e. The molecule has 2 aromatic carbocycles. The summed E-state index contributed by atoms with van der Waals surface area (Å²) < 4.78 is 12.9. The second-order valence-electron chi connectivity index (χ2n) is 4.67. The van der Waals surface area contributed by atoms with Crippen LogP contribution in [0.15, 0.2) is 42.5 Å². The van der Waals surface area contributed by atoms with Gasteiger partial charge in [0.2, 0.25) is 0 Å². The molecule has 0 aromatic heterocycles. The molecule has 3 rings (SSSR count). The highest BCUT2D eigenvalue weighted by Gasteiger charge is 2.33. The molecule has 0 saturated carbocycles. The molecule has 1 aliphatic rings. The Bertz CT molecular complexity index is 652. The maximum absolute atomic E-state index is 12.9. The third-order valence-corrected chi connectivity index (χ3v) is 5.27. The fourth-order valence-electron chi connectivity index (χ4n) is 2.33. The van der Waals surface area contributed by atoms with Gasteiger partial charge in [-0.2, -0.15) is 0 Å². The van der Waals surface area contributed by atoms with Gasteiger partial charge in [-0.05, 0) is 43.2 Å². The van der Waals surface area contributed by atoms with Crippen LogP contribution in [-0.4, -0.2) is 0 Å². The largest absolute Gasteiger partial charge is 0.315 e. The van der Waals surface area contributed by atoms with Crippen LogP contribution in [0, 0.1) is 13.8 Å². The third-order valence-electron chi connectivity index (χ3n) is 3.15. The molecule has 4 heteroatoms. The SMILES string of the molecule is Cc1cc(C)c2c(c1)N[P@](=O)(c1ccccc1)N2. The summed E-state index contributed by atoms with van der Waals surface area (Å²) in [6, 6.07) is 13.6. The van der Waals surface area contributed by atoms with Gasteiger partial charge in [0.05, 0.1) is 16.7 Å². The summed E-state index contributed by atoms with van der Waals surface area (Å²) in [5.74, 6) is 0. The van der Waals surface area contributed by atoms with Crippen LogP contribution in [0.1, 0.15) is 11.1 Å². The van der Waals surface area contributed by atoms with Crippen LogP contribution >= 0.6 is 7.44 Å². The number of aryl methyl sites for hydroxylation is 2. The molecule has 2 N–H and O–H groups in total. The van der Waals surface area contributed by atoms with Crippen molar-refractivity contribution in [1.29, 1.82) is 0 Å². The Hall–Kier alpha value is -1.73. The molecular formula is C14H15N2OP. The van der Waals surface area contributed by atoms with Crippen molar-refractivity contribution in [2.75, 3.05) is 10.2 Å². The molecule has 0 fully saturated rings. The molecule has 1 aliphatic heterocycles. The Balaban J connectivity index is 2.08. The van der Waals surface area contributed by atoms with Crippen molar-refractivity contribution in [3.63, 3.8) is 0 Å². The third kappa shape index (κ3) is 1.72. The van der Waals surface area contributed by atoms with Crippen molar-refractivity contribution in [2.24, 2.45) is 0 Å². The van der Waals surface area contributed by atoms with Gasteiger partial charge in [0.1, 0.15) is 0 Å². The summed E-state index contributed by atoms with van der Waals surface area (Å²) in [4.78, 5) is 0. The van der Waals surface area contributed by atoms with Crippen LogP contribution < -0.4 is 15.5 Å². The molecule has 0 saturated heterocycles. The summed E-state index contributed by atoms with van der Waals surface area (Å²) in [5.41, 5.74) is 4.17. The molecular weight excluding hydrogens is 243 g/mol. The van der Waals surface area contributed by atoms with Gasteiger partial charge in [0, 0.05) is 0 Å². The van der Waals surface area contributed by atoms with Crippen LogP contribution in [0.3, 0.4) is 0 Å². The highest BCUT2D eigenvalue weighted by Crippen LogP contribution is 2.54. The average molecular weight is 258 g/mol. The van der Waals surface area contributed by atoms with E-state index in [1.807, 2.05) is 50.2 Å². The first-order valence-corrected chi connectivity index (χ1v) is 7.63. The summed E-state index contributed by atoms with van der Waals surface area (Å²) >= 11 is 0. The second-order valence-corrected chi connectivity index (χ2v) is 6.85. The predicted octanol–water partition coefficient (Wildman–Crippen LogP) is 3.66. The summed E-state index contributed by atoms with van der Waals surface area (Å²) in [6.07, 6.45) is 0. The molecule has 0 radical (unpaired) electrons. The Labute approximate surface area is 107 Å². The van der Waals surface area contributed by atoms with Crippen molar-refractivity contribution in [1.82, 2.24) is 0 Å². The average Bonchev–Trinajstić information content (AvgIpc) is 2.69. The quantitative estimate of drug-likeness (QED) is 0.767. The monoisotopic (exact) mass is 258 g/mol. The minimum atomic E-state index is -2.75. The fraction of sp³-hybridized carbons (Fsp3) is 0.143. The Kier molecular flexibility index (Phi) is 2.46. The molecule has 1 atom stereocenters. The van der Waals surface area contributed by atoms with Crippen LogP contribution in [-0.2, 0) is 4.57 Å². The molecule has 18 heavy (non-hydrogen) atoms. The number of hydrogen-bond donors (Lipinski definition) is 2. The van der Waals surface area contributed by atoms with E-state index in [0.29, 0.717) is 0 Å². The molecule has 0 spiro atoms. The van der Waals surface area contributed by atoms with Crippen molar-refractivity contribution < 1.29 is 4.57 Å². The molecule has 0 unspecified atom stereocenters. The van der Waals surface area contributed by atoms with E-state index in [-0.39, 0.29) is 0 Å². The van der Waals surface area contributed by atoms with Gasteiger partial charge in [-0.1, -0.05) is 24.3 Å². The molecule has 0 amide bonds. The molecule has 1 heterocycles. The van der Waals surface area contributed by atoms with E-state index in [1.54, 1.807) is 0 Å². The molecule has 3 nitrogen and oxygen atoms in total. The maximum Gasteiger partial charge on any atom is 0.287 e. The Morgan fingerprint density at radius 2 is 1.72 bits per heavy atom. The highest BCUT2D eigenvalue weighted by atomic mass is 31.2. The first kappa shape index (κ1) is 11.4. The van der Waals surface area contributed by atoms with E-state index in [0.717, 1.165) is 22.2 Å². The zero-order chi connectivity index (χ0) is 12.8. The van der Waals surface area contributed by atoms with Gasteiger partial charge in [-0.25, -0.2) is 0 Å². The van der Waals surface area contributed by atoms with E-state index in [4.69, 9.17) is 0 Å². The number of anilines is 2. The summed E-state index contributed by atoms with van der Waals surface area (Å²) in [6.45, 7) is 4.07. The lowest BCUT2D eigenvalue weighted by atomic mass is 10.1. The first-order valence-electron chi connectivity index (χ1n) is 5.92. The lowest BCUT2D eigenvalue weighted by Crippen LogP contribution is -2.12. The van der Waals surface area contributed by atoms with Gasteiger partial charge in [0.25, 0.3) is 7.44 Å². The van der Waals surface area contributed by atoms with Crippen molar-refractivity contribution in [2.45, 2.75) is 13.8 Å². The van der Waals surface area contributed by atoms with Crippen LogP contribution in [0.25, 0.3) is 0 Å². The lowest BCUT2D eigenvalue weighted by Gasteiger charge is -2.13. The van der Waals surface area contributed by atoms with Crippen LogP contribution in [0.2, 0.25) is 0 Å². The first-order chi connectivity index (χ1) is 8.58. The van der Waals surface area contributed by atoms with E-state index >= 15 is 0 Å². The molecule has 92 valence electrons. The zero-order valence-electron chi connectivity index (χ0n) is 10.4. The van der Waals surface area contributed by atoms with E-state index in [1.165, 1.54) is 5.56 Å². The van der Waals surface area contributed by atoms with Gasteiger partial charge >= 0.3 is 0 Å². The van der Waals surface area contributed by atoms with Crippen LogP contribution in [0.5, 0.6) is 0 Å². The van der Waals surface area contributed by atoms with Gasteiger partial charge in [-0.3, -0.25) is 4.57 Å². The van der Waals surface area contributed by atoms with Crippen molar-refractivity contribution in [3.8, 4) is 0 Å². The number of benzene rings is 2. The van der Waals surface area contributed by atoms with Gasteiger partial charge in [-0.15, -0.1) is 0 Å². The molecule has 0 aliphatic carbocycles. The predicted molar refractivity (Wildman–Crippen MR) is 76.8 cm³/mol. The normalized spacial score (nSPS) is 21.0. The number of hydrogen-bond acceptors (Lipinski definition) is 1. The number of rotatable bonds is 1. The number of fused-ring (bicyclic) bond motifs is 1. The molecule has 0 bridgehead atoms. The summed E-state index contributed by atoms with van der Waals surface area (Å²) in [7, 11) is -2.75. The van der Waals surface area contributed by atoms with E-state index in [9.17, 15) is 4.57 Å².